The molecule has 0 saturated heterocycles. The summed E-state index contributed by atoms with van der Waals surface area (Å²) in [6.45, 7) is 0. The number of nitrogens with one attached hydrogen (secondary N) is 1. The predicted octanol–water partition coefficient (Wildman–Crippen LogP) is 3.25. The fraction of sp³-hybridized carbons (Fsp3) is 0.261. The average molecular weight is 423 g/mol. The summed E-state index contributed by atoms with van der Waals surface area (Å²) < 4.78 is 17.8. The largest absolute Gasteiger partial charge is 0.493 e. The lowest BCUT2D eigenvalue weighted by atomic mass is 10.1. The van der Waals surface area contributed by atoms with Crippen LogP contribution in [0, 0.1) is 0 Å². The Balaban J connectivity index is 1.63. The van der Waals surface area contributed by atoms with Gasteiger partial charge in [-0.25, -0.2) is 4.98 Å². The number of ether oxygens (including phenoxy) is 3. The maximum Gasteiger partial charge on any atom is 0.228 e. The summed E-state index contributed by atoms with van der Waals surface area (Å²) in [7, 11) is 6.41. The molecular formula is C23H25N3O5. The number of methoxy groups -OCH3 is 3. The quantitative estimate of drug-likeness (QED) is 0.531. The third kappa shape index (κ3) is 4.85. The topological polar surface area (TPSA) is 91.7 Å². The van der Waals surface area contributed by atoms with E-state index in [0.29, 0.717) is 40.7 Å². The van der Waals surface area contributed by atoms with Gasteiger partial charge in [0.1, 0.15) is 0 Å². The number of anilines is 1. The fourth-order valence-corrected chi connectivity index (χ4v) is 3.25. The van der Waals surface area contributed by atoms with Crippen molar-refractivity contribution in [1.82, 2.24) is 9.55 Å². The lowest BCUT2D eigenvalue weighted by Gasteiger charge is -2.15. The predicted molar refractivity (Wildman–Crippen MR) is 116 cm³/mol. The lowest BCUT2D eigenvalue weighted by Crippen LogP contribution is -2.13. The van der Waals surface area contributed by atoms with E-state index >= 15 is 0 Å². The Labute approximate surface area is 180 Å². The molecule has 1 amide bonds. The normalized spacial score (nSPS) is 10.5. The van der Waals surface area contributed by atoms with Gasteiger partial charge in [-0.15, -0.1) is 0 Å². The highest BCUT2D eigenvalue weighted by Crippen LogP contribution is 2.40. The van der Waals surface area contributed by atoms with E-state index in [9.17, 15) is 9.59 Å². The zero-order valence-corrected chi connectivity index (χ0v) is 18.0. The van der Waals surface area contributed by atoms with Gasteiger partial charge in [0, 0.05) is 37.1 Å². The molecule has 1 aromatic heterocycles. The summed E-state index contributed by atoms with van der Waals surface area (Å²) in [6.07, 6.45) is 4.01. The molecule has 3 rings (SSSR count). The monoisotopic (exact) mass is 423 g/mol. The first-order chi connectivity index (χ1) is 15.0. The van der Waals surface area contributed by atoms with Crippen LogP contribution < -0.4 is 19.5 Å². The number of rotatable bonds is 9. The molecule has 162 valence electrons. The van der Waals surface area contributed by atoms with Crippen molar-refractivity contribution < 1.29 is 23.8 Å². The molecule has 0 bridgehead atoms. The van der Waals surface area contributed by atoms with Crippen molar-refractivity contribution in [2.75, 3.05) is 26.6 Å². The SMILES string of the molecule is COc1ccc(CCC(=O)Nc2ccc(C(=O)c3nccn3C)cc2)c(OC)c1OC. The molecule has 0 spiro atoms. The number of aromatic nitrogens is 2. The molecule has 1 N–H and O–H groups in total. The lowest BCUT2D eigenvalue weighted by molar-refractivity contribution is -0.116. The van der Waals surface area contributed by atoms with Gasteiger partial charge in [0.15, 0.2) is 17.3 Å². The molecule has 8 nitrogen and oxygen atoms in total. The third-order valence-electron chi connectivity index (χ3n) is 4.86. The number of aryl methyl sites for hydroxylation is 2. The van der Waals surface area contributed by atoms with Crippen molar-refractivity contribution in [1.29, 1.82) is 0 Å². The van der Waals surface area contributed by atoms with Gasteiger partial charge in [0.05, 0.1) is 21.3 Å². The van der Waals surface area contributed by atoms with Gasteiger partial charge in [-0.2, -0.15) is 0 Å². The molecule has 0 radical (unpaired) electrons. The standard InChI is InChI=1S/C23H25N3O5/c1-26-14-13-24-23(26)20(28)15-5-9-17(10-6-15)25-19(27)12-8-16-7-11-18(29-2)22(31-4)21(16)30-3/h5-7,9-11,13-14H,8,12H2,1-4H3,(H,25,27). The third-order valence-corrected chi connectivity index (χ3v) is 4.86. The molecular weight excluding hydrogens is 398 g/mol. The van der Waals surface area contributed by atoms with Gasteiger partial charge < -0.3 is 24.1 Å². The molecule has 2 aromatic carbocycles. The molecule has 0 aliphatic rings. The summed E-state index contributed by atoms with van der Waals surface area (Å²) in [5.41, 5.74) is 1.95. The number of hydrogen-bond donors (Lipinski definition) is 1. The minimum atomic E-state index is -0.175. The van der Waals surface area contributed by atoms with Gasteiger partial charge >= 0.3 is 0 Å². The number of nitrogens with zero attached hydrogens (tertiary/aromatic N) is 2. The van der Waals surface area contributed by atoms with Crippen LogP contribution in [0.5, 0.6) is 17.2 Å². The molecule has 0 atom stereocenters. The van der Waals surface area contributed by atoms with Gasteiger partial charge in [0.2, 0.25) is 17.4 Å². The van der Waals surface area contributed by atoms with Crippen LogP contribution in [0.25, 0.3) is 0 Å². The van der Waals surface area contributed by atoms with Crippen LogP contribution >= 0.6 is 0 Å². The van der Waals surface area contributed by atoms with E-state index in [-0.39, 0.29) is 18.1 Å². The number of hydrogen-bond acceptors (Lipinski definition) is 6. The van der Waals surface area contributed by atoms with Gasteiger partial charge in [0.25, 0.3) is 0 Å². The number of amides is 1. The maximum atomic E-state index is 12.5. The van der Waals surface area contributed by atoms with Crippen molar-refractivity contribution in [3.05, 3.63) is 65.7 Å². The number of carbonyl (C=O) groups is 2. The molecule has 0 aliphatic carbocycles. The number of carbonyl (C=O) groups excluding carboxylic acids is 2. The summed E-state index contributed by atoms with van der Waals surface area (Å²) in [4.78, 5) is 29.0. The zero-order chi connectivity index (χ0) is 22.4. The molecule has 1 heterocycles. The van der Waals surface area contributed by atoms with Gasteiger partial charge in [-0.1, -0.05) is 6.07 Å². The van der Waals surface area contributed by atoms with Crippen LogP contribution in [-0.2, 0) is 18.3 Å². The highest BCUT2D eigenvalue weighted by Gasteiger charge is 2.17. The second-order valence-corrected chi connectivity index (χ2v) is 6.81. The van der Waals surface area contributed by atoms with Gasteiger partial charge in [-0.05, 0) is 42.3 Å². The Kier molecular flexibility index (Phi) is 6.92. The Morgan fingerprint density at radius 3 is 2.26 bits per heavy atom. The minimum Gasteiger partial charge on any atom is -0.493 e. The van der Waals surface area contributed by atoms with Crippen molar-refractivity contribution in [3.8, 4) is 17.2 Å². The van der Waals surface area contributed by atoms with Crippen molar-refractivity contribution in [3.63, 3.8) is 0 Å². The van der Waals surface area contributed by atoms with E-state index in [2.05, 4.69) is 10.3 Å². The minimum absolute atomic E-state index is 0.153. The van der Waals surface area contributed by atoms with Crippen LogP contribution in [0.3, 0.4) is 0 Å². The summed E-state index contributed by atoms with van der Waals surface area (Å²) in [6, 6.07) is 10.4. The van der Waals surface area contributed by atoms with Crippen LogP contribution in [0.1, 0.15) is 28.2 Å². The van der Waals surface area contributed by atoms with Crippen molar-refractivity contribution in [2.45, 2.75) is 12.8 Å². The zero-order valence-electron chi connectivity index (χ0n) is 18.0. The smallest absolute Gasteiger partial charge is 0.228 e. The van der Waals surface area contributed by atoms with E-state index in [1.54, 1.807) is 75.7 Å². The number of imidazole rings is 1. The van der Waals surface area contributed by atoms with Crippen LogP contribution in [0.4, 0.5) is 5.69 Å². The summed E-state index contributed by atoms with van der Waals surface area (Å²) >= 11 is 0. The first-order valence-corrected chi connectivity index (χ1v) is 9.68. The molecule has 8 heteroatoms. The Morgan fingerprint density at radius 1 is 0.968 bits per heavy atom. The van der Waals surface area contributed by atoms with E-state index in [0.717, 1.165) is 5.56 Å². The highest BCUT2D eigenvalue weighted by molar-refractivity contribution is 6.07. The molecule has 0 aliphatic heterocycles. The summed E-state index contributed by atoms with van der Waals surface area (Å²) in [5.74, 6) is 1.64. The van der Waals surface area contributed by atoms with E-state index in [4.69, 9.17) is 14.2 Å². The summed E-state index contributed by atoms with van der Waals surface area (Å²) in [5, 5.41) is 2.85. The van der Waals surface area contributed by atoms with Crippen molar-refractivity contribution >= 4 is 17.4 Å². The second kappa shape index (κ2) is 9.80. The van der Waals surface area contributed by atoms with E-state index < -0.39 is 0 Å². The van der Waals surface area contributed by atoms with Crippen LogP contribution in [-0.4, -0.2) is 42.6 Å². The number of benzene rings is 2. The van der Waals surface area contributed by atoms with Crippen molar-refractivity contribution in [2.24, 2.45) is 7.05 Å². The highest BCUT2D eigenvalue weighted by atomic mass is 16.5. The van der Waals surface area contributed by atoms with E-state index in [1.807, 2.05) is 6.07 Å². The first kappa shape index (κ1) is 21.9. The molecule has 0 unspecified atom stereocenters. The number of ketones is 1. The van der Waals surface area contributed by atoms with E-state index in [1.165, 1.54) is 0 Å². The average Bonchev–Trinajstić information content (AvgIpc) is 3.22. The van der Waals surface area contributed by atoms with Gasteiger partial charge in [-0.3, -0.25) is 9.59 Å². The molecule has 0 fully saturated rings. The Bertz CT molecular complexity index is 1070. The Morgan fingerprint density at radius 2 is 1.68 bits per heavy atom. The maximum absolute atomic E-state index is 12.5. The fourth-order valence-electron chi connectivity index (χ4n) is 3.25. The first-order valence-electron chi connectivity index (χ1n) is 9.68. The van der Waals surface area contributed by atoms with Crippen LogP contribution in [0.2, 0.25) is 0 Å². The Hall–Kier alpha value is -3.81. The second-order valence-electron chi connectivity index (χ2n) is 6.81. The molecule has 0 saturated carbocycles. The molecule has 3 aromatic rings. The van der Waals surface area contributed by atoms with Crippen LogP contribution in [0.15, 0.2) is 48.8 Å². The molecule has 31 heavy (non-hydrogen) atoms.